The number of amides is 1. The largest absolute Gasteiger partial charge is 0.344 e. The molecule has 7 heteroatoms. The third-order valence-electron chi connectivity index (χ3n) is 6.24. The van der Waals surface area contributed by atoms with Crippen LogP contribution in [-0.4, -0.2) is 26.2 Å². The number of anilines is 1. The van der Waals surface area contributed by atoms with Gasteiger partial charge in [0.05, 0.1) is 5.52 Å². The van der Waals surface area contributed by atoms with E-state index in [4.69, 9.17) is 0 Å². The maximum atomic E-state index is 13.4. The molecule has 162 valence electrons. The van der Waals surface area contributed by atoms with Crippen LogP contribution in [0.2, 0.25) is 0 Å². The van der Waals surface area contributed by atoms with Crippen molar-refractivity contribution < 1.29 is 4.79 Å². The molecule has 2 aromatic heterocycles. The first kappa shape index (κ1) is 20.1. The van der Waals surface area contributed by atoms with Crippen molar-refractivity contribution >= 4 is 22.6 Å². The molecule has 4 aromatic rings. The number of para-hydroxylation sites is 1. The second kappa shape index (κ2) is 7.67. The van der Waals surface area contributed by atoms with Crippen molar-refractivity contribution in [3.05, 3.63) is 87.2 Å². The Kier molecular flexibility index (Phi) is 4.81. The van der Waals surface area contributed by atoms with Crippen LogP contribution in [0.5, 0.6) is 0 Å². The van der Waals surface area contributed by atoms with Crippen molar-refractivity contribution in [1.29, 1.82) is 0 Å². The number of aryl methyl sites for hydroxylation is 2. The van der Waals surface area contributed by atoms with Crippen molar-refractivity contribution in [2.24, 2.45) is 14.1 Å². The molecule has 1 aliphatic rings. The van der Waals surface area contributed by atoms with E-state index < -0.39 is 5.69 Å². The molecule has 0 bridgehead atoms. The summed E-state index contributed by atoms with van der Waals surface area (Å²) in [6.45, 7) is 0.474. The molecule has 0 radical (unpaired) electrons. The van der Waals surface area contributed by atoms with E-state index in [-0.39, 0.29) is 18.0 Å². The minimum absolute atomic E-state index is 0.137. The first-order chi connectivity index (χ1) is 15.5. The predicted octanol–water partition coefficient (Wildman–Crippen LogP) is 2.69. The summed E-state index contributed by atoms with van der Waals surface area (Å²) in [4.78, 5) is 41.4. The smallest absolute Gasteiger partial charge is 0.331 e. The summed E-state index contributed by atoms with van der Waals surface area (Å²) in [6.07, 6.45) is 3.65. The minimum atomic E-state index is -0.496. The number of hydrogen-bond acceptors (Lipinski definition) is 3. The van der Waals surface area contributed by atoms with Crippen molar-refractivity contribution in [3.63, 3.8) is 0 Å². The Hall–Kier alpha value is -3.87. The Morgan fingerprint density at radius 3 is 2.44 bits per heavy atom. The molecule has 32 heavy (non-hydrogen) atoms. The monoisotopic (exact) mass is 428 g/mol. The molecule has 0 atom stereocenters. The number of aromatic nitrogens is 3. The van der Waals surface area contributed by atoms with E-state index in [0.717, 1.165) is 39.8 Å². The average molecular weight is 428 g/mol. The SMILES string of the molecule is Cn1c(=O)c2c(c(-c3ccccc3)cn2C)n(CC(=O)N2CCCc3ccccc32)c1=O. The summed E-state index contributed by atoms with van der Waals surface area (Å²) in [5.41, 5.74) is 3.69. The molecule has 7 nitrogen and oxygen atoms in total. The Bertz CT molecular complexity index is 1460. The van der Waals surface area contributed by atoms with Gasteiger partial charge in [-0.2, -0.15) is 0 Å². The lowest BCUT2D eigenvalue weighted by atomic mass is 10.0. The van der Waals surface area contributed by atoms with Gasteiger partial charge < -0.3 is 9.47 Å². The average Bonchev–Trinajstić information content (AvgIpc) is 3.17. The minimum Gasteiger partial charge on any atom is -0.344 e. The zero-order valence-electron chi connectivity index (χ0n) is 18.1. The molecule has 2 aromatic carbocycles. The topological polar surface area (TPSA) is 69.2 Å². The van der Waals surface area contributed by atoms with Gasteiger partial charge >= 0.3 is 5.69 Å². The van der Waals surface area contributed by atoms with Crippen LogP contribution in [0.3, 0.4) is 0 Å². The Balaban J connectivity index is 1.69. The van der Waals surface area contributed by atoms with Crippen molar-refractivity contribution in [2.45, 2.75) is 19.4 Å². The third-order valence-corrected chi connectivity index (χ3v) is 6.24. The zero-order valence-corrected chi connectivity index (χ0v) is 18.1. The van der Waals surface area contributed by atoms with Crippen LogP contribution in [0.4, 0.5) is 5.69 Å². The standard InChI is InChI=1S/C25H24N4O3/c1-26-15-19(17-9-4-3-5-10-17)22-23(26)24(31)27(2)25(32)29(22)16-21(30)28-14-8-12-18-11-6-7-13-20(18)28/h3-7,9-11,13,15H,8,12,14,16H2,1-2H3. The highest BCUT2D eigenvalue weighted by molar-refractivity contribution is 5.97. The summed E-state index contributed by atoms with van der Waals surface area (Å²) in [5.74, 6) is -0.165. The number of carbonyl (C=O) groups is 1. The first-order valence-electron chi connectivity index (χ1n) is 10.7. The molecule has 1 amide bonds. The molecule has 1 aliphatic heterocycles. The van der Waals surface area contributed by atoms with Gasteiger partial charge in [-0.1, -0.05) is 48.5 Å². The zero-order chi connectivity index (χ0) is 22.4. The molecule has 0 saturated heterocycles. The van der Waals surface area contributed by atoms with E-state index in [2.05, 4.69) is 0 Å². The number of fused-ring (bicyclic) bond motifs is 2. The quantitative estimate of drug-likeness (QED) is 0.504. The van der Waals surface area contributed by atoms with Crippen molar-refractivity contribution in [2.75, 3.05) is 11.4 Å². The summed E-state index contributed by atoms with van der Waals surface area (Å²) < 4.78 is 4.25. The number of nitrogens with zero attached hydrogens (tertiary/aromatic N) is 4. The van der Waals surface area contributed by atoms with Gasteiger partial charge in [-0.15, -0.1) is 0 Å². The lowest BCUT2D eigenvalue weighted by Crippen LogP contribution is -2.43. The van der Waals surface area contributed by atoms with E-state index in [1.54, 1.807) is 16.5 Å². The van der Waals surface area contributed by atoms with Gasteiger partial charge in [-0.3, -0.25) is 18.7 Å². The van der Waals surface area contributed by atoms with E-state index >= 15 is 0 Å². The van der Waals surface area contributed by atoms with Gasteiger partial charge in [0.25, 0.3) is 5.56 Å². The lowest BCUT2D eigenvalue weighted by Gasteiger charge is -2.29. The summed E-state index contributed by atoms with van der Waals surface area (Å²) in [7, 11) is 3.24. The molecule has 0 spiro atoms. The molecular formula is C25H24N4O3. The highest BCUT2D eigenvalue weighted by Gasteiger charge is 2.25. The molecule has 5 rings (SSSR count). The molecule has 0 unspecified atom stereocenters. The number of benzene rings is 2. The van der Waals surface area contributed by atoms with Crippen LogP contribution in [0, 0.1) is 0 Å². The van der Waals surface area contributed by atoms with Gasteiger partial charge in [0.1, 0.15) is 12.1 Å². The highest BCUT2D eigenvalue weighted by atomic mass is 16.2. The number of hydrogen-bond donors (Lipinski definition) is 0. The van der Waals surface area contributed by atoms with E-state index in [1.165, 1.54) is 11.6 Å². The summed E-state index contributed by atoms with van der Waals surface area (Å²) in [6, 6.07) is 17.5. The maximum absolute atomic E-state index is 13.4. The third kappa shape index (κ3) is 3.09. The molecule has 0 N–H and O–H groups in total. The van der Waals surface area contributed by atoms with Gasteiger partial charge in [0.2, 0.25) is 5.91 Å². The van der Waals surface area contributed by atoms with Crippen molar-refractivity contribution in [1.82, 2.24) is 13.7 Å². The van der Waals surface area contributed by atoms with Gasteiger partial charge in [0, 0.05) is 38.1 Å². The molecular weight excluding hydrogens is 404 g/mol. The Morgan fingerprint density at radius 1 is 0.938 bits per heavy atom. The number of carbonyl (C=O) groups excluding carboxylic acids is 1. The van der Waals surface area contributed by atoms with Crippen LogP contribution in [0.1, 0.15) is 12.0 Å². The summed E-state index contributed by atoms with van der Waals surface area (Å²) >= 11 is 0. The van der Waals surface area contributed by atoms with Crippen LogP contribution in [0.15, 0.2) is 70.4 Å². The second-order valence-electron chi connectivity index (χ2n) is 8.23. The van der Waals surface area contributed by atoms with E-state index in [1.807, 2.05) is 60.8 Å². The van der Waals surface area contributed by atoms with Crippen LogP contribution in [-0.2, 0) is 31.9 Å². The normalized spacial score (nSPS) is 13.4. The molecule has 0 aliphatic carbocycles. The molecule has 0 fully saturated rings. The Morgan fingerprint density at radius 2 is 1.66 bits per heavy atom. The highest BCUT2D eigenvalue weighted by Crippen LogP contribution is 2.29. The van der Waals surface area contributed by atoms with Gasteiger partial charge in [-0.05, 0) is 30.0 Å². The van der Waals surface area contributed by atoms with Gasteiger partial charge in [0.15, 0.2) is 0 Å². The maximum Gasteiger partial charge on any atom is 0.331 e. The van der Waals surface area contributed by atoms with E-state index in [9.17, 15) is 14.4 Å². The van der Waals surface area contributed by atoms with Gasteiger partial charge in [-0.25, -0.2) is 4.79 Å². The molecule has 0 saturated carbocycles. The van der Waals surface area contributed by atoms with Crippen LogP contribution in [0.25, 0.3) is 22.2 Å². The summed E-state index contributed by atoms with van der Waals surface area (Å²) in [5, 5.41) is 0. The van der Waals surface area contributed by atoms with Crippen LogP contribution < -0.4 is 16.1 Å². The van der Waals surface area contributed by atoms with E-state index in [0.29, 0.717) is 17.6 Å². The fourth-order valence-electron chi connectivity index (χ4n) is 4.65. The molecule has 3 heterocycles. The first-order valence-corrected chi connectivity index (χ1v) is 10.7. The lowest BCUT2D eigenvalue weighted by molar-refractivity contribution is -0.119. The van der Waals surface area contributed by atoms with Crippen molar-refractivity contribution in [3.8, 4) is 11.1 Å². The Labute approximate surface area is 184 Å². The number of rotatable bonds is 3. The second-order valence-corrected chi connectivity index (χ2v) is 8.23. The fourth-order valence-corrected chi connectivity index (χ4v) is 4.65. The predicted molar refractivity (Wildman–Crippen MR) is 125 cm³/mol. The fraction of sp³-hybridized carbons (Fsp3) is 0.240. The van der Waals surface area contributed by atoms with Crippen LogP contribution >= 0.6 is 0 Å².